The van der Waals surface area contributed by atoms with Gasteiger partial charge in [0, 0.05) is 0 Å². The second-order valence-corrected chi connectivity index (χ2v) is 17.8. The monoisotopic (exact) mass is 606 g/mol. The fourth-order valence-corrected chi connectivity index (χ4v) is 17.3. The van der Waals surface area contributed by atoms with E-state index in [0.717, 1.165) is 14.9 Å². The van der Waals surface area contributed by atoms with Crippen molar-refractivity contribution in [1.29, 1.82) is 0 Å². The Morgan fingerprint density at radius 2 is 1.31 bits per heavy atom. The van der Waals surface area contributed by atoms with Crippen molar-refractivity contribution in [3.05, 3.63) is 60.7 Å². The molecule has 35 heavy (non-hydrogen) atoms. The minimum absolute atomic E-state index is 0. The van der Waals surface area contributed by atoms with Crippen molar-refractivity contribution in [2.45, 2.75) is 114 Å². The molecular weight excluding hydrogens is 565 g/mol. The van der Waals surface area contributed by atoms with Gasteiger partial charge in [0.15, 0.2) is 0 Å². The van der Waals surface area contributed by atoms with Gasteiger partial charge in [-0.2, -0.15) is 0 Å². The molecule has 4 aliphatic rings. The third-order valence-electron chi connectivity index (χ3n) is 9.49. The summed E-state index contributed by atoms with van der Waals surface area (Å²) in [6.07, 6.45) is 17.7. The third kappa shape index (κ3) is 5.70. The Hall–Kier alpha value is 0.333. The zero-order valence-corrected chi connectivity index (χ0v) is 27.3. The van der Waals surface area contributed by atoms with E-state index in [9.17, 15) is 0 Å². The molecule has 2 saturated carbocycles. The van der Waals surface area contributed by atoms with Gasteiger partial charge in [0.05, 0.1) is 0 Å². The van der Waals surface area contributed by atoms with Crippen molar-refractivity contribution < 1.29 is 48.0 Å². The Morgan fingerprint density at radius 1 is 0.771 bits per heavy atom. The first-order valence-corrected chi connectivity index (χ1v) is 17.8. The molecule has 0 aliphatic heterocycles. The minimum Gasteiger partial charge on any atom is -1.00 e. The molecule has 4 heteroatoms. The van der Waals surface area contributed by atoms with Crippen LogP contribution in [0.3, 0.4) is 0 Å². The van der Waals surface area contributed by atoms with Gasteiger partial charge in [-0.25, -0.2) is 0 Å². The Morgan fingerprint density at radius 3 is 1.83 bits per heavy atom. The molecule has 0 spiro atoms. The van der Waals surface area contributed by atoms with Crippen LogP contribution in [0.15, 0.2) is 49.6 Å². The van der Waals surface area contributed by atoms with Gasteiger partial charge in [-0.3, -0.25) is 0 Å². The van der Waals surface area contributed by atoms with Gasteiger partial charge >= 0.3 is 217 Å². The molecule has 0 bridgehead atoms. The largest absolute Gasteiger partial charge is 1.00 e. The summed E-state index contributed by atoms with van der Waals surface area (Å²) in [6, 6.07) is 9.54. The number of allylic oxidation sites excluding steroid dienone is 5. The predicted molar refractivity (Wildman–Crippen MR) is 143 cm³/mol. The fraction of sp³-hybridized carbons (Fsp3) is 0.613. The van der Waals surface area contributed by atoms with E-state index in [4.69, 9.17) is 0 Å². The van der Waals surface area contributed by atoms with E-state index in [1.807, 2.05) is 8.60 Å². The maximum atomic E-state index is 2.75. The van der Waals surface area contributed by atoms with Crippen molar-refractivity contribution in [3.63, 3.8) is 0 Å². The Bertz CT molecular complexity index is 975. The average Bonchev–Trinajstić information content (AvgIpc) is 3.26. The fourth-order valence-electron chi connectivity index (χ4n) is 7.15. The molecule has 0 saturated heterocycles. The van der Waals surface area contributed by atoms with Crippen LogP contribution in [0.4, 0.5) is 0 Å². The molecule has 0 N–H and O–H groups in total. The molecule has 5 rings (SSSR count). The van der Waals surface area contributed by atoms with Crippen molar-refractivity contribution in [2.24, 2.45) is 5.41 Å². The van der Waals surface area contributed by atoms with Gasteiger partial charge in [0.2, 0.25) is 0 Å². The summed E-state index contributed by atoms with van der Waals surface area (Å²) in [5.41, 5.74) is 10.5. The Labute approximate surface area is 240 Å². The molecule has 1 atom stereocenters. The summed E-state index contributed by atoms with van der Waals surface area (Å²) < 4.78 is 2.67. The second kappa shape index (κ2) is 12.5. The molecule has 4 aliphatic carbocycles. The Balaban J connectivity index is 0.00000171. The van der Waals surface area contributed by atoms with E-state index >= 15 is 0 Å². The van der Waals surface area contributed by atoms with Gasteiger partial charge in [-0.15, -0.1) is 0 Å². The van der Waals surface area contributed by atoms with Gasteiger partial charge in [0.1, 0.15) is 0 Å². The Kier molecular flexibility index (Phi) is 10.6. The number of hydrogen-bond donors (Lipinski definition) is 0. The van der Waals surface area contributed by atoms with Crippen LogP contribution in [-0.4, -0.2) is 11.3 Å². The van der Waals surface area contributed by atoms with Crippen molar-refractivity contribution in [1.82, 2.24) is 0 Å². The molecule has 1 unspecified atom stereocenters. The number of halogens is 2. The topological polar surface area (TPSA) is 0 Å². The molecule has 0 amide bonds. The van der Waals surface area contributed by atoms with Gasteiger partial charge in [-0.05, 0) is 0 Å². The van der Waals surface area contributed by atoms with Crippen LogP contribution in [0.1, 0.15) is 114 Å². The predicted octanol–water partition coefficient (Wildman–Crippen LogP) is 3.97. The summed E-state index contributed by atoms with van der Waals surface area (Å²) in [6.45, 7) is 12.3. The molecule has 0 heterocycles. The summed E-state index contributed by atoms with van der Waals surface area (Å²) in [4.78, 5) is 0. The van der Waals surface area contributed by atoms with Crippen LogP contribution in [0, 0.1) is 5.41 Å². The summed E-state index contributed by atoms with van der Waals surface area (Å²) in [5, 5.41) is 1.97. The molecule has 0 radical (unpaired) electrons. The van der Waals surface area contributed by atoms with Crippen LogP contribution in [0.5, 0.6) is 0 Å². The molecule has 0 nitrogen and oxygen atoms in total. The van der Waals surface area contributed by atoms with E-state index < -0.39 is 23.2 Å². The normalized spacial score (nSPS) is 24.6. The molecular formula is C31H43Cl2PZr. The molecule has 0 aromatic heterocycles. The maximum absolute atomic E-state index is 2.75. The van der Waals surface area contributed by atoms with Crippen molar-refractivity contribution >= 4 is 14.0 Å². The maximum Gasteiger partial charge on any atom is -1.00 e. The molecule has 190 valence electrons. The SMILES string of the molecule is CC1=C(C)C(C)(C)[C]([Zr+2][CH]2C(P(C3CCCCC3)C3CCCCC3)=Cc3ccccc32)=C1C.[Cl-].[Cl-]. The molecule has 1 aromatic carbocycles. The minimum atomic E-state index is -0.808. The molecule has 1 aromatic rings. The number of hydrogen-bond acceptors (Lipinski definition) is 0. The smallest absolute Gasteiger partial charge is 1.00 e. The van der Waals surface area contributed by atoms with E-state index in [-0.39, 0.29) is 38.2 Å². The van der Waals surface area contributed by atoms with E-state index in [0.29, 0.717) is 0 Å². The van der Waals surface area contributed by atoms with E-state index in [1.54, 1.807) is 27.8 Å². The number of fused-ring (bicyclic) bond motifs is 1. The zero-order chi connectivity index (χ0) is 23.2. The number of rotatable bonds is 5. The van der Waals surface area contributed by atoms with Crippen LogP contribution in [0.2, 0.25) is 0 Å². The van der Waals surface area contributed by atoms with Crippen molar-refractivity contribution in [2.75, 3.05) is 0 Å². The first kappa shape index (κ1) is 29.9. The van der Waals surface area contributed by atoms with Crippen LogP contribution in [0.25, 0.3) is 6.08 Å². The van der Waals surface area contributed by atoms with Crippen LogP contribution >= 0.6 is 7.92 Å². The van der Waals surface area contributed by atoms with Gasteiger partial charge < -0.3 is 24.8 Å². The number of benzene rings is 1. The zero-order valence-electron chi connectivity index (χ0n) is 22.4. The van der Waals surface area contributed by atoms with Crippen LogP contribution in [-0.2, 0) is 23.2 Å². The first-order chi connectivity index (χ1) is 15.9. The summed E-state index contributed by atoms with van der Waals surface area (Å²) >= 11 is -0.808. The van der Waals surface area contributed by atoms with Gasteiger partial charge in [-0.1, -0.05) is 0 Å². The molecule has 2 fully saturated rings. The third-order valence-corrected chi connectivity index (χ3v) is 19.1. The van der Waals surface area contributed by atoms with Crippen molar-refractivity contribution in [3.8, 4) is 0 Å². The standard InChI is InChI=1S/C21H28P.C10H15.2ClH.Zr/c1-3-11-19(12-4-1)22(20-13-5-2-6-14-20)21-15-17-9-7-8-10-18(17)16-21;1-7-6-10(4,5)9(3)8(7)2;;;/h7-10,15-16,19-20H,1-6,11-14H2;1-5H3;2*1H;/q;;;;+2/p-2. The second-order valence-electron chi connectivity index (χ2n) is 11.6. The summed E-state index contributed by atoms with van der Waals surface area (Å²) in [7, 11) is -0.00382. The average molecular weight is 609 g/mol. The summed E-state index contributed by atoms with van der Waals surface area (Å²) in [5.74, 6) is 0. The van der Waals surface area contributed by atoms with Gasteiger partial charge in [0.25, 0.3) is 0 Å². The first-order valence-electron chi connectivity index (χ1n) is 13.6. The van der Waals surface area contributed by atoms with Crippen LogP contribution < -0.4 is 24.8 Å². The van der Waals surface area contributed by atoms with E-state index in [1.165, 1.54) is 64.2 Å². The van der Waals surface area contributed by atoms with E-state index in [2.05, 4.69) is 65.0 Å². The quantitative estimate of drug-likeness (QED) is 0.444.